The van der Waals surface area contributed by atoms with Crippen molar-refractivity contribution in [3.8, 4) is 0 Å². The molecule has 0 spiro atoms. The van der Waals surface area contributed by atoms with E-state index in [1.165, 1.54) is 0 Å². The summed E-state index contributed by atoms with van der Waals surface area (Å²) in [6, 6.07) is 2.07. The van der Waals surface area contributed by atoms with Gasteiger partial charge in [-0.3, -0.25) is 4.79 Å². The van der Waals surface area contributed by atoms with Crippen molar-refractivity contribution in [3.63, 3.8) is 0 Å². The van der Waals surface area contributed by atoms with Crippen LogP contribution in [0.1, 0.15) is 54.2 Å². The first-order valence-electron chi connectivity index (χ1n) is 9.40. The molecule has 1 amide bonds. The Morgan fingerprint density at radius 1 is 1.32 bits per heavy atom. The van der Waals surface area contributed by atoms with Gasteiger partial charge in [-0.1, -0.05) is 20.8 Å². The van der Waals surface area contributed by atoms with E-state index in [2.05, 4.69) is 48.7 Å². The number of anilines is 1. The third kappa shape index (κ3) is 5.63. The Morgan fingerprint density at radius 3 is 2.50 bits per heavy atom. The van der Waals surface area contributed by atoms with Crippen molar-refractivity contribution < 1.29 is 13.7 Å². The first-order valence-corrected chi connectivity index (χ1v) is 12.2. The van der Waals surface area contributed by atoms with Gasteiger partial charge in [-0.25, -0.2) is 14.2 Å². The molecule has 9 heteroatoms. The van der Waals surface area contributed by atoms with Crippen molar-refractivity contribution in [2.45, 2.75) is 65.0 Å². The van der Waals surface area contributed by atoms with Crippen LogP contribution in [0.2, 0.25) is 0 Å². The SMILES string of the molecule is C[C@@H]1COCCN1c1cc(C[S@@](=O)(=NC(=O)C(C)(C)C)C(C)(C)C)nc(I)n1. The van der Waals surface area contributed by atoms with Crippen LogP contribution in [-0.2, 0) is 25.0 Å². The van der Waals surface area contributed by atoms with Gasteiger partial charge in [0.25, 0.3) is 5.91 Å². The summed E-state index contributed by atoms with van der Waals surface area (Å²) in [5.41, 5.74) is -0.0407. The lowest BCUT2D eigenvalue weighted by Crippen LogP contribution is -2.44. The van der Waals surface area contributed by atoms with Gasteiger partial charge in [0, 0.05) is 45.4 Å². The smallest absolute Gasteiger partial charge is 0.259 e. The number of carbonyl (C=O) groups is 1. The summed E-state index contributed by atoms with van der Waals surface area (Å²) in [4.78, 5) is 23.8. The zero-order valence-corrected chi connectivity index (χ0v) is 20.8. The number of carbonyl (C=O) groups excluding carboxylic acids is 1. The molecule has 2 rings (SSSR count). The summed E-state index contributed by atoms with van der Waals surface area (Å²) in [5.74, 6) is 0.559. The Balaban J connectivity index is 2.47. The number of aromatic nitrogens is 2. The van der Waals surface area contributed by atoms with Crippen LogP contribution >= 0.6 is 22.6 Å². The maximum Gasteiger partial charge on any atom is 0.259 e. The van der Waals surface area contributed by atoms with Gasteiger partial charge in [-0.15, -0.1) is 0 Å². The van der Waals surface area contributed by atoms with Crippen molar-refractivity contribution in [1.82, 2.24) is 9.97 Å². The monoisotopic (exact) mass is 522 g/mol. The second-order valence-electron chi connectivity index (χ2n) is 9.15. The van der Waals surface area contributed by atoms with Crippen LogP contribution in [-0.4, -0.2) is 50.6 Å². The van der Waals surface area contributed by atoms with Crippen molar-refractivity contribution in [1.29, 1.82) is 0 Å². The van der Waals surface area contributed by atoms with Crippen molar-refractivity contribution in [2.75, 3.05) is 24.7 Å². The van der Waals surface area contributed by atoms with Crippen LogP contribution in [0.4, 0.5) is 5.82 Å². The van der Waals surface area contributed by atoms with Crippen LogP contribution in [0.25, 0.3) is 0 Å². The van der Waals surface area contributed by atoms with Gasteiger partial charge >= 0.3 is 0 Å². The van der Waals surface area contributed by atoms with E-state index in [-0.39, 0.29) is 17.7 Å². The molecule has 1 aliphatic rings. The van der Waals surface area contributed by atoms with E-state index >= 15 is 0 Å². The number of ether oxygens (including phenoxy) is 1. The molecule has 0 aromatic carbocycles. The Hall–Kier alpha value is -0.810. The quantitative estimate of drug-likeness (QED) is 0.445. The minimum Gasteiger partial charge on any atom is -0.377 e. The number of halogens is 1. The third-order valence-corrected chi connectivity index (χ3v) is 8.12. The third-order valence-electron chi connectivity index (χ3n) is 4.57. The summed E-state index contributed by atoms with van der Waals surface area (Å²) in [6.07, 6.45) is 0. The van der Waals surface area contributed by atoms with Crippen LogP contribution < -0.4 is 4.90 Å². The molecule has 0 saturated carbocycles. The average molecular weight is 522 g/mol. The molecule has 2 heterocycles. The maximum atomic E-state index is 13.8. The summed E-state index contributed by atoms with van der Waals surface area (Å²) >= 11 is 2.07. The second kappa shape index (κ2) is 8.51. The van der Waals surface area contributed by atoms with E-state index in [9.17, 15) is 9.00 Å². The molecule has 28 heavy (non-hydrogen) atoms. The highest BCUT2D eigenvalue weighted by Gasteiger charge is 2.32. The van der Waals surface area contributed by atoms with E-state index < -0.39 is 19.9 Å². The molecule has 0 unspecified atom stereocenters. The molecule has 1 aromatic heterocycles. The predicted molar refractivity (Wildman–Crippen MR) is 121 cm³/mol. The second-order valence-corrected chi connectivity index (χ2v) is 13.1. The first-order chi connectivity index (χ1) is 12.7. The summed E-state index contributed by atoms with van der Waals surface area (Å²) < 4.78 is 23.5. The number of amides is 1. The average Bonchev–Trinajstić information content (AvgIpc) is 2.52. The topological polar surface area (TPSA) is 84.8 Å². The molecule has 2 atom stereocenters. The van der Waals surface area contributed by atoms with Crippen LogP contribution in [0.5, 0.6) is 0 Å². The number of hydrogen-bond acceptors (Lipinski definition) is 6. The lowest BCUT2D eigenvalue weighted by Gasteiger charge is -2.34. The fraction of sp³-hybridized carbons (Fsp3) is 0.737. The van der Waals surface area contributed by atoms with E-state index in [0.29, 0.717) is 22.7 Å². The van der Waals surface area contributed by atoms with E-state index in [4.69, 9.17) is 4.74 Å². The maximum absolute atomic E-state index is 13.8. The molecule has 1 aromatic rings. The van der Waals surface area contributed by atoms with Gasteiger partial charge in [-0.05, 0) is 27.7 Å². The molecule has 0 aliphatic carbocycles. The lowest BCUT2D eigenvalue weighted by molar-refractivity contribution is -0.124. The Kier molecular flexibility index (Phi) is 7.13. The zero-order valence-electron chi connectivity index (χ0n) is 17.8. The molecular formula is C19H31IN4O3S. The lowest BCUT2D eigenvalue weighted by atomic mass is 9.96. The zero-order chi connectivity index (χ0) is 21.3. The molecule has 7 nitrogen and oxygen atoms in total. The molecular weight excluding hydrogens is 491 g/mol. The fourth-order valence-electron chi connectivity index (χ4n) is 2.60. The molecule has 1 fully saturated rings. The van der Waals surface area contributed by atoms with E-state index in [0.717, 1.165) is 12.4 Å². The summed E-state index contributed by atoms with van der Waals surface area (Å²) in [5, 5.41) is 0. The molecule has 1 aliphatic heterocycles. The van der Waals surface area contributed by atoms with Gasteiger partial charge in [0.05, 0.1) is 40.4 Å². The highest BCUT2D eigenvalue weighted by Crippen LogP contribution is 2.28. The summed E-state index contributed by atoms with van der Waals surface area (Å²) in [6.45, 7) is 15.0. The van der Waals surface area contributed by atoms with Gasteiger partial charge in [0.1, 0.15) is 5.82 Å². The highest BCUT2D eigenvalue weighted by atomic mass is 127. The molecule has 0 bridgehead atoms. The van der Waals surface area contributed by atoms with Gasteiger partial charge in [0.15, 0.2) is 3.83 Å². The standard InChI is InChI=1S/C19H31IN4O3S/c1-13-11-27-9-8-24(13)15-10-14(21-17(20)22-15)12-28(26,19(5,6)7)23-16(25)18(2,3)4/h10,13H,8-9,11-12H2,1-7H3/t13-,28+/m1/s1. The summed E-state index contributed by atoms with van der Waals surface area (Å²) in [7, 11) is -2.88. The Labute approximate surface area is 182 Å². The van der Waals surface area contributed by atoms with Crippen molar-refractivity contribution >= 4 is 44.0 Å². The van der Waals surface area contributed by atoms with E-state index in [1.54, 1.807) is 20.8 Å². The van der Waals surface area contributed by atoms with Gasteiger partial charge < -0.3 is 9.64 Å². The molecule has 0 N–H and O–H groups in total. The predicted octanol–water partition coefficient (Wildman–Crippen LogP) is 3.65. The highest BCUT2D eigenvalue weighted by molar-refractivity contribution is 14.1. The van der Waals surface area contributed by atoms with Crippen molar-refractivity contribution in [2.24, 2.45) is 9.78 Å². The fourth-order valence-corrected chi connectivity index (χ4v) is 5.02. The number of morpholine rings is 1. The largest absolute Gasteiger partial charge is 0.377 e. The Bertz CT molecular complexity index is 852. The minimum atomic E-state index is -2.88. The molecule has 0 radical (unpaired) electrons. The van der Waals surface area contributed by atoms with E-state index in [1.807, 2.05) is 26.8 Å². The molecule has 158 valence electrons. The van der Waals surface area contributed by atoms with Crippen LogP contribution in [0.3, 0.4) is 0 Å². The molecule has 1 saturated heterocycles. The van der Waals surface area contributed by atoms with Crippen molar-refractivity contribution in [3.05, 3.63) is 15.6 Å². The number of rotatable bonds is 3. The van der Waals surface area contributed by atoms with Gasteiger partial charge in [-0.2, -0.15) is 4.36 Å². The normalized spacial score (nSPS) is 20.6. The van der Waals surface area contributed by atoms with Crippen LogP contribution in [0, 0.1) is 9.25 Å². The number of nitrogens with zero attached hydrogens (tertiary/aromatic N) is 4. The first kappa shape index (κ1) is 23.5. The van der Waals surface area contributed by atoms with Crippen LogP contribution in [0.15, 0.2) is 10.4 Å². The van der Waals surface area contributed by atoms with Gasteiger partial charge in [0.2, 0.25) is 0 Å². The Morgan fingerprint density at radius 2 is 1.96 bits per heavy atom. The minimum absolute atomic E-state index is 0.114. The number of hydrogen-bond donors (Lipinski definition) is 0.